The van der Waals surface area contributed by atoms with E-state index in [0.717, 1.165) is 92.5 Å². The fraction of sp³-hybridized carbons (Fsp3) is 0.489. The summed E-state index contributed by atoms with van der Waals surface area (Å²) in [7, 11) is 15.6. The Kier molecular flexibility index (Phi) is 16.6. The third-order valence-electron chi connectivity index (χ3n) is 12.7. The average Bonchev–Trinajstić information content (AvgIpc) is 3.91. The molecule has 0 saturated carbocycles. The quantitative estimate of drug-likeness (QED) is 0.146. The van der Waals surface area contributed by atoms with E-state index in [-0.39, 0.29) is 73.6 Å². The highest BCUT2D eigenvalue weighted by molar-refractivity contribution is 5.62. The Labute approximate surface area is 395 Å². The topological polar surface area (TPSA) is 114 Å². The predicted octanol–water partition coefficient (Wildman–Crippen LogP) is 0.598. The van der Waals surface area contributed by atoms with Gasteiger partial charge in [-0.25, -0.2) is 0 Å². The molecular formula is C47H62I2N2O10. The largest absolute Gasteiger partial charge is 1.00 e. The molecule has 4 aliphatic rings. The Balaban J connectivity index is 0.000000224. The molecule has 4 aromatic rings. The molecule has 4 heterocycles. The second-order valence-corrected chi connectivity index (χ2v) is 17.2. The van der Waals surface area contributed by atoms with Crippen molar-refractivity contribution in [3.8, 4) is 46.0 Å². The van der Waals surface area contributed by atoms with Gasteiger partial charge in [0, 0.05) is 32.1 Å². The highest BCUT2D eigenvalue weighted by Crippen LogP contribution is 2.53. The van der Waals surface area contributed by atoms with Gasteiger partial charge in [0.15, 0.2) is 23.0 Å². The van der Waals surface area contributed by atoms with E-state index in [2.05, 4.69) is 52.5 Å². The Morgan fingerprint density at radius 2 is 1.15 bits per heavy atom. The van der Waals surface area contributed by atoms with Crippen LogP contribution in [0.5, 0.6) is 46.0 Å². The molecule has 0 fully saturated rings. The standard InChI is InChI=1S/C24H32NO5.C23H30NO5.2HI/c1-25(2)12-11-17-13-21-23(30-15-29-21)24(28-4)22(17)20(25)14-18(26)8-5-16-6-9-19(27-3)10-7-16;1-24(2)10-9-16-12-20-22(29-14-28-20)23(27-4)21(16)18(24)13-17(25)11-15-7-5-6-8-19(15)26-3;;/h6-7,9-10,13,18,20,26H,5,8,11-12,14-15H2,1-4H3;5-8,12,17-18,25H,9-11,13-14H2,1-4H3;2*1H/q2*+1;;/p-2. The van der Waals surface area contributed by atoms with Gasteiger partial charge in [0.25, 0.3) is 0 Å². The molecule has 0 spiro atoms. The minimum atomic E-state index is -0.505. The number of hydrogen-bond donors (Lipinski definition) is 2. The molecule has 4 aliphatic heterocycles. The Morgan fingerprint density at radius 3 is 1.64 bits per heavy atom. The number of fused-ring (bicyclic) bond motifs is 4. The van der Waals surface area contributed by atoms with Gasteiger partial charge < -0.3 is 105 Å². The van der Waals surface area contributed by atoms with Crippen LogP contribution in [-0.4, -0.2) is 115 Å². The van der Waals surface area contributed by atoms with Crippen LogP contribution in [0.3, 0.4) is 0 Å². The van der Waals surface area contributed by atoms with Crippen LogP contribution >= 0.6 is 0 Å². The van der Waals surface area contributed by atoms with Crippen LogP contribution in [0.15, 0.2) is 60.7 Å². The number of methoxy groups -OCH3 is 4. The summed E-state index contributed by atoms with van der Waals surface area (Å²) in [4.78, 5) is 0. The molecule has 4 unspecified atom stereocenters. The Bertz CT molecular complexity index is 2100. The molecule has 14 heteroatoms. The van der Waals surface area contributed by atoms with E-state index < -0.39 is 12.2 Å². The molecular weight excluding hydrogens is 1010 g/mol. The van der Waals surface area contributed by atoms with Gasteiger partial charge in [0.05, 0.1) is 93.1 Å². The van der Waals surface area contributed by atoms with E-state index in [1.165, 1.54) is 16.7 Å². The van der Waals surface area contributed by atoms with E-state index in [9.17, 15) is 10.2 Å². The lowest BCUT2D eigenvalue weighted by Gasteiger charge is -2.44. The van der Waals surface area contributed by atoms with Crippen LogP contribution in [0, 0.1) is 0 Å². The molecule has 0 aliphatic carbocycles. The van der Waals surface area contributed by atoms with Gasteiger partial charge >= 0.3 is 0 Å². The number of hydrogen-bond acceptors (Lipinski definition) is 10. The Morgan fingerprint density at radius 1 is 0.639 bits per heavy atom. The molecule has 0 amide bonds. The summed E-state index contributed by atoms with van der Waals surface area (Å²) in [6.07, 6.45) is 4.36. The molecule has 12 nitrogen and oxygen atoms in total. The molecule has 61 heavy (non-hydrogen) atoms. The van der Waals surface area contributed by atoms with Crippen molar-refractivity contribution in [2.75, 3.05) is 83.3 Å². The second-order valence-electron chi connectivity index (χ2n) is 17.2. The molecule has 2 N–H and O–H groups in total. The van der Waals surface area contributed by atoms with Crippen LogP contribution in [0.4, 0.5) is 0 Å². The molecule has 4 aromatic carbocycles. The number of para-hydroxylation sites is 1. The monoisotopic (exact) mass is 1070 g/mol. The predicted molar refractivity (Wildman–Crippen MR) is 224 cm³/mol. The van der Waals surface area contributed by atoms with Gasteiger partial charge in [0.1, 0.15) is 23.6 Å². The second kappa shape index (κ2) is 20.8. The number of halogens is 2. The minimum absolute atomic E-state index is 0. The first-order valence-corrected chi connectivity index (χ1v) is 20.6. The van der Waals surface area contributed by atoms with E-state index in [4.69, 9.17) is 37.9 Å². The number of benzene rings is 4. The van der Waals surface area contributed by atoms with Crippen molar-refractivity contribution in [1.82, 2.24) is 0 Å². The third kappa shape index (κ3) is 10.5. The normalized spacial score (nSPS) is 19.3. The van der Waals surface area contributed by atoms with Gasteiger partial charge in [-0.1, -0.05) is 30.3 Å². The molecule has 0 bridgehead atoms. The maximum Gasteiger partial charge on any atom is 0.231 e. The van der Waals surface area contributed by atoms with Crippen molar-refractivity contribution < 1.29 is 105 Å². The van der Waals surface area contributed by atoms with Gasteiger partial charge in [-0.05, 0) is 65.4 Å². The maximum absolute atomic E-state index is 11.0. The third-order valence-corrected chi connectivity index (χ3v) is 12.7. The number of nitrogens with zero attached hydrogens (tertiary/aromatic N) is 2. The van der Waals surface area contributed by atoms with Crippen molar-refractivity contribution >= 4 is 0 Å². The summed E-state index contributed by atoms with van der Waals surface area (Å²) in [6.45, 7) is 2.43. The van der Waals surface area contributed by atoms with Crippen molar-refractivity contribution in [3.05, 3.63) is 94.0 Å². The Hall–Kier alpha value is -3.42. The van der Waals surface area contributed by atoms with Crippen LogP contribution in [0.2, 0.25) is 0 Å². The summed E-state index contributed by atoms with van der Waals surface area (Å²) in [5, 5.41) is 22.0. The van der Waals surface area contributed by atoms with E-state index in [1.807, 2.05) is 36.4 Å². The number of aliphatic hydroxyl groups is 2. The molecule has 0 aromatic heterocycles. The van der Waals surface area contributed by atoms with Crippen LogP contribution in [-0.2, 0) is 25.7 Å². The zero-order valence-corrected chi connectivity index (χ0v) is 41.0. The summed E-state index contributed by atoms with van der Waals surface area (Å²) < 4.78 is 46.5. The fourth-order valence-corrected chi connectivity index (χ4v) is 9.31. The zero-order chi connectivity index (χ0) is 41.9. The lowest BCUT2D eigenvalue weighted by molar-refractivity contribution is -0.924. The lowest BCUT2D eigenvalue weighted by atomic mass is 9.85. The highest BCUT2D eigenvalue weighted by atomic mass is 127. The number of aryl methyl sites for hydroxylation is 1. The summed E-state index contributed by atoms with van der Waals surface area (Å²) in [5.41, 5.74) is 6.96. The van der Waals surface area contributed by atoms with Gasteiger partial charge in [-0.3, -0.25) is 0 Å². The molecule has 0 radical (unpaired) electrons. The van der Waals surface area contributed by atoms with Gasteiger partial charge in [-0.2, -0.15) is 0 Å². The molecule has 4 atom stereocenters. The average molecular weight is 1070 g/mol. The van der Waals surface area contributed by atoms with Crippen molar-refractivity contribution in [2.24, 2.45) is 0 Å². The number of quaternary nitrogens is 2. The lowest BCUT2D eigenvalue weighted by Crippen LogP contribution is -3.00. The number of rotatable bonds is 13. The van der Waals surface area contributed by atoms with Crippen molar-refractivity contribution in [2.45, 2.75) is 69.2 Å². The molecule has 334 valence electrons. The number of ether oxygens (including phenoxy) is 8. The van der Waals surface area contributed by atoms with Crippen molar-refractivity contribution in [3.63, 3.8) is 0 Å². The van der Waals surface area contributed by atoms with Gasteiger partial charge in [-0.15, -0.1) is 0 Å². The smallest absolute Gasteiger partial charge is 0.231 e. The molecule has 0 saturated heterocycles. The summed E-state index contributed by atoms with van der Waals surface area (Å²) >= 11 is 0. The fourth-order valence-electron chi connectivity index (χ4n) is 9.31. The highest BCUT2D eigenvalue weighted by Gasteiger charge is 2.43. The first kappa shape index (κ1) is 48.6. The van der Waals surface area contributed by atoms with E-state index in [1.54, 1.807) is 28.4 Å². The van der Waals surface area contributed by atoms with E-state index in [0.29, 0.717) is 37.2 Å². The van der Waals surface area contributed by atoms with Crippen LogP contribution in [0.1, 0.15) is 64.7 Å². The van der Waals surface area contributed by atoms with Gasteiger partial charge in [0.2, 0.25) is 25.1 Å². The summed E-state index contributed by atoms with van der Waals surface area (Å²) in [5.74, 6) is 6.05. The minimum Gasteiger partial charge on any atom is -1.00 e. The zero-order valence-electron chi connectivity index (χ0n) is 36.7. The van der Waals surface area contributed by atoms with Crippen molar-refractivity contribution in [1.29, 1.82) is 0 Å². The van der Waals surface area contributed by atoms with E-state index >= 15 is 0 Å². The first-order chi connectivity index (χ1) is 28.4. The summed E-state index contributed by atoms with van der Waals surface area (Å²) in [6, 6.07) is 20.3. The number of aliphatic hydroxyl groups excluding tert-OH is 2. The first-order valence-electron chi connectivity index (χ1n) is 20.6. The van der Waals surface area contributed by atoms with Crippen LogP contribution < -0.4 is 85.8 Å². The maximum atomic E-state index is 11.0. The SMILES string of the molecule is COc1ccc(CCC(O)CC2c3c(cc4c(c3OC)OCO4)CC[N+]2(C)C)cc1.COc1ccccc1CC(O)CC1c2c(cc3c(c2OC)OCO3)CC[N+]1(C)C.[I-].[I-]. The number of likely N-dealkylation sites (N-methyl/N-ethyl adjacent to an activating group) is 2. The van der Waals surface area contributed by atoms with Crippen LogP contribution in [0.25, 0.3) is 0 Å². The molecule has 8 rings (SSSR count).